The van der Waals surface area contributed by atoms with E-state index in [0.717, 1.165) is 41.8 Å². The second-order valence-corrected chi connectivity index (χ2v) is 5.26. The number of carbonyl (C=O) groups is 1. The third-order valence-corrected chi connectivity index (χ3v) is 3.31. The minimum absolute atomic E-state index is 0.0751. The number of halogens is 1. The quantitative estimate of drug-likeness (QED) is 0.554. The maximum Gasteiger partial charge on any atom is 0.264 e. The van der Waals surface area contributed by atoms with E-state index in [1.54, 1.807) is 0 Å². The minimum atomic E-state index is -0.0751. The van der Waals surface area contributed by atoms with Crippen LogP contribution < -0.4 is 5.32 Å². The summed E-state index contributed by atoms with van der Waals surface area (Å²) in [6.07, 6.45) is 2.58. The fourth-order valence-corrected chi connectivity index (χ4v) is 2.25. The lowest BCUT2D eigenvalue weighted by Crippen LogP contribution is -2.25. The number of nitrogens with zero attached hydrogens (tertiary/aromatic N) is 2. The van der Waals surface area contributed by atoms with Crippen LogP contribution in [0.4, 0.5) is 0 Å². The topological polar surface area (TPSA) is 64.1 Å². The Hall–Kier alpha value is -0.530. The number of aryl methyl sites for hydroxylation is 1. The molecule has 1 amide bonds. The van der Waals surface area contributed by atoms with Crippen molar-refractivity contribution in [3.63, 3.8) is 0 Å². The maximum absolute atomic E-state index is 11.9. The summed E-state index contributed by atoms with van der Waals surface area (Å²) in [7, 11) is 0. The van der Waals surface area contributed by atoms with Gasteiger partial charge in [-0.25, -0.2) is 0 Å². The van der Waals surface area contributed by atoms with Crippen molar-refractivity contribution in [2.75, 3.05) is 25.1 Å². The molecule has 1 aromatic heterocycles. The highest BCUT2D eigenvalue weighted by atomic mass is 79.9. The van der Waals surface area contributed by atoms with Crippen molar-refractivity contribution in [1.29, 1.82) is 0 Å². The molecule has 0 fully saturated rings. The highest BCUT2D eigenvalue weighted by Gasteiger charge is 2.14. The molecule has 0 radical (unpaired) electrons. The predicted molar refractivity (Wildman–Crippen MR) is 75.5 cm³/mol. The SMILES string of the molecule is CCCc1nnsc1C(=O)NCCCOCCBr. The van der Waals surface area contributed by atoms with E-state index in [1.807, 2.05) is 0 Å². The summed E-state index contributed by atoms with van der Waals surface area (Å²) in [5.41, 5.74) is 0.801. The maximum atomic E-state index is 11.9. The Morgan fingerprint density at radius 3 is 3.06 bits per heavy atom. The zero-order valence-electron chi connectivity index (χ0n) is 10.4. The van der Waals surface area contributed by atoms with Crippen molar-refractivity contribution in [3.8, 4) is 0 Å². The van der Waals surface area contributed by atoms with E-state index in [2.05, 4.69) is 37.8 Å². The second-order valence-electron chi connectivity index (χ2n) is 3.71. The molecule has 0 saturated heterocycles. The monoisotopic (exact) mass is 335 g/mol. The largest absolute Gasteiger partial charge is 0.381 e. The predicted octanol–water partition coefficient (Wildman–Crippen LogP) is 2.02. The van der Waals surface area contributed by atoms with E-state index in [1.165, 1.54) is 0 Å². The van der Waals surface area contributed by atoms with Gasteiger partial charge in [-0.05, 0) is 24.4 Å². The normalized spacial score (nSPS) is 10.6. The van der Waals surface area contributed by atoms with Gasteiger partial charge in [0, 0.05) is 18.5 Å². The van der Waals surface area contributed by atoms with Crippen LogP contribution in [0.2, 0.25) is 0 Å². The summed E-state index contributed by atoms with van der Waals surface area (Å²) >= 11 is 4.44. The Kier molecular flexibility index (Phi) is 8.11. The van der Waals surface area contributed by atoms with Gasteiger partial charge in [0.2, 0.25) is 0 Å². The van der Waals surface area contributed by atoms with Gasteiger partial charge >= 0.3 is 0 Å². The zero-order chi connectivity index (χ0) is 13.2. The van der Waals surface area contributed by atoms with Crippen LogP contribution in [-0.4, -0.2) is 40.6 Å². The van der Waals surface area contributed by atoms with Crippen molar-refractivity contribution in [2.45, 2.75) is 26.2 Å². The van der Waals surface area contributed by atoms with Crippen LogP contribution in [0.25, 0.3) is 0 Å². The molecular weight excluding hydrogens is 318 g/mol. The van der Waals surface area contributed by atoms with E-state index < -0.39 is 0 Å². The molecule has 18 heavy (non-hydrogen) atoms. The molecule has 0 aliphatic heterocycles. The average molecular weight is 336 g/mol. The van der Waals surface area contributed by atoms with Crippen LogP contribution in [-0.2, 0) is 11.2 Å². The smallest absolute Gasteiger partial charge is 0.264 e. The Bertz CT molecular complexity index is 360. The molecule has 7 heteroatoms. The molecule has 0 aliphatic carbocycles. The average Bonchev–Trinajstić information content (AvgIpc) is 2.82. The van der Waals surface area contributed by atoms with Gasteiger partial charge in [0.25, 0.3) is 5.91 Å². The molecule has 0 atom stereocenters. The van der Waals surface area contributed by atoms with Crippen molar-refractivity contribution in [1.82, 2.24) is 14.9 Å². The molecular formula is C11H18BrN3O2S. The number of carbonyl (C=O) groups excluding carboxylic acids is 1. The molecule has 1 heterocycles. The first kappa shape index (κ1) is 15.5. The van der Waals surface area contributed by atoms with Gasteiger partial charge < -0.3 is 10.1 Å². The molecule has 0 bridgehead atoms. The molecule has 5 nitrogen and oxygen atoms in total. The number of hydrogen-bond donors (Lipinski definition) is 1. The fourth-order valence-electron chi connectivity index (χ4n) is 1.39. The summed E-state index contributed by atoms with van der Waals surface area (Å²) in [4.78, 5) is 12.5. The number of hydrogen-bond acceptors (Lipinski definition) is 5. The van der Waals surface area contributed by atoms with E-state index in [0.29, 0.717) is 24.6 Å². The lowest BCUT2D eigenvalue weighted by molar-refractivity contribution is 0.0947. The first-order chi connectivity index (χ1) is 8.79. The minimum Gasteiger partial charge on any atom is -0.381 e. The van der Waals surface area contributed by atoms with Crippen LogP contribution >= 0.6 is 27.5 Å². The highest BCUT2D eigenvalue weighted by molar-refractivity contribution is 9.09. The Balaban J connectivity index is 2.25. The summed E-state index contributed by atoms with van der Waals surface area (Å²) in [5, 5.41) is 7.67. The summed E-state index contributed by atoms with van der Waals surface area (Å²) in [5.74, 6) is -0.0751. The van der Waals surface area contributed by atoms with Crippen molar-refractivity contribution in [3.05, 3.63) is 10.6 Å². The third-order valence-electron chi connectivity index (χ3n) is 2.22. The lowest BCUT2D eigenvalue weighted by Gasteiger charge is -2.04. The molecule has 1 aromatic rings. The lowest BCUT2D eigenvalue weighted by atomic mass is 10.2. The van der Waals surface area contributed by atoms with Gasteiger partial charge in [-0.3, -0.25) is 4.79 Å². The van der Waals surface area contributed by atoms with Crippen LogP contribution in [0.5, 0.6) is 0 Å². The van der Waals surface area contributed by atoms with Crippen molar-refractivity contribution in [2.24, 2.45) is 0 Å². The molecule has 0 aliphatic rings. The van der Waals surface area contributed by atoms with Crippen LogP contribution in [0.15, 0.2) is 0 Å². The molecule has 0 aromatic carbocycles. The second kappa shape index (κ2) is 9.41. The standard InChI is InChI=1S/C11H18BrN3O2S/c1-2-4-9-10(18-15-14-9)11(16)13-6-3-7-17-8-5-12/h2-8H2,1H3,(H,13,16). The summed E-state index contributed by atoms with van der Waals surface area (Å²) < 4.78 is 9.13. The number of amides is 1. The van der Waals surface area contributed by atoms with Crippen LogP contribution in [0, 0.1) is 0 Å². The number of alkyl halides is 1. The Labute approximate surface area is 120 Å². The molecule has 0 spiro atoms. The van der Waals surface area contributed by atoms with Gasteiger partial charge in [-0.1, -0.05) is 33.8 Å². The number of nitrogens with one attached hydrogen (secondary N) is 1. The summed E-state index contributed by atoms with van der Waals surface area (Å²) in [6.45, 7) is 4.04. The number of ether oxygens (including phenoxy) is 1. The van der Waals surface area contributed by atoms with E-state index >= 15 is 0 Å². The van der Waals surface area contributed by atoms with Gasteiger partial charge in [0.1, 0.15) is 4.88 Å². The highest BCUT2D eigenvalue weighted by Crippen LogP contribution is 2.12. The molecule has 0 unspecified atom stereocenters. The fraction of sp³-hybridized carbons (Fsp3) is 0.727. The van der Waals surface area contributed by atoms with Gasteiger partial charge in [-0.2, -0.15) is 0 Å². The zero-order valence-corrected chi connectivity index (χ0v) is 12.8. The number of rotatable bonds is 9. The van der Waals surface area contributed by atoms with Crippen molar-refractivity contribution >= 4 is 33.4 Å². The molecule has 0 saturated carbocycles. The molecule has 1 N–H and O–H groups in total. The Morgan fingerprint density at radius 1 is 1.50 bits per heavy atom. The summed E-state index contributed by atoms with van der Waals surface area (Å²) in [6, 6.07) is 0. The van der Waals surface area contributed by atoms with Gasteiger partial charge in [0.15, 0.2) is 0 Å². The number of aromatic nitrogens is 2. The van der Waals surface area contributed by atoms with Crippen LogP contribution in [0.3, 0.4) is 0 Å². The first-order valence-electron chi connectivity index (χ1n) is 6.02. The first-order valence-corrected chi connectivity index (χ1v) is 7.92. The van der Waals surface area contributed by atoms with Crippen LogP contribution in [0.1, 0.15) is 35.1 Å². The molecule has 102 valence electrons. The third kappa shape index (κ3) is 5.41. The van der Waals surface area contributed by atoms with Gasteiger partial charge in [0.05, 0.1) is 12.3 Å². The van der Waals surface area contributed by atoms with E-state index in [-0.39, 0.29) is 5.91 Å². The van der Waals surface area contributed by atoms with E-state index in [9.17, 15) is 4.79 Å². The van der Waals surface area contributed by atoms with E-state index in [4.69, 9.17) is 4.74 Å². The Morgan fingerprint density at radius 2 is 2.33 bits per heavy atom. The molecule has 1 rings (SSSR count). The van der Waals surface area contributed by atoms with Crippen molar-refractivity contribution < 1.29 is 9.53 Å². The van der Waals surface area contributed by atoms with Gasteiger partial charge in [-0.15, -0.1) is 5.10 Å².